The highest BCUT2D eigenvalue weighted by molar-refractivity contribution is 5.92. The van der Waals surface area contributed by atoms with E-state index in [1.165, 1.54) is 0 Å². The van der Waals surface area contributed by atoms with Gasteiger partial charge in [-0.3, -0.25) is 9.59 Å². The molecule has 0 spiro atoms. The second-order valence-electron chi connectivity index (χ2n) is 3.33. The van der Waals surface area contributed by atoms with Crippen LogP contribution in [0.2, 0.25) is 0 Å². The third-order valence-electron chi connectivity index (χ3n) is 2.06. The molecule has 0 saturated heterocycles. The van der Waals surface area contributed by atoms with Crippen LogP contribution >= 0.6 is 0 Å². The lowest BCUT2D eigenvalue weighted by atomic mass is 10.3. The molecule has 0 aromatic carbocycles. The molecule has 1 rings (SSSR count). The molecule has 1 aromatic rings. The van der Waals surface area contributed by atoms with Crippen LogP contribution in [0.15, 0.2) is 18.3 Å². The van der Waals surface area contributed by atoms with Crippen molar-refractivity contribution >= 4 is 11.8 Å². The predicted molar refractivity (Wildman–Crippen MR) is 56.2 cm³/mol. The van der Waals surface area contributed by atoms with Crippen molar-refractivity contribution in [2.24, 2.45) is 12.8 Å². The van der Waals surface area contributed by atoms with Crippen molar-refractivity contribution in [1.82, 2.24) is 9.88 Å². The number of hydrogen-bond acceptors (Lipinski definition) is 2. The quantitative estimate of drug-likeness (QED) is 0.671. The highest BCUT2D eigenvalue weighted by Crippen LogP contribution is 1.98. The first kappa shape index (κ1) is 11.3. The second kappa shape index (κ2) is 5.19. The van der Waals surface area contributed by atoms with Crippen LogP contribution in [0.4, 0.5) is 0 Å². The lowest BCUT2D eigenvalue weighted by Gasteiger charge is -2.04. The normalized spacial score (nSPS) is 9.93. The Morgan fingerprint density at radius 2 is 2.27 bits per heavy atom. The fraction of sp³-hybridized carbons (Fsp3) is 0.400. The van der Waals surface area contributed by atoms with Crippen LogP contribution < -0.4 is 11.1 Å². The average molecular weight is 209 g/mol. The molecule has 0 bridgehead atoms. The maximum Gasteiger partial charge on any atom is 0.267 e. The Bertz CT molecular complexity index is 357. The van der Waals surface area contributed by atoms with E-state index in [-0.39, 0.29) is 11.8 Å². The van der Waals surface area contributed by atoms with Crippen molar-refractivity contribution in [2.75, 3.05) is 6.54 Å². The average Bonchev–Trinajstić information content (AvgIpc) is 2.58. The van der Waals surface area contributed by atoms with E-state index in [0.717, 1.165) is 0 Å². The van der Waals surface area contributed by atoms with E-state index in [9.17, 15) is 9.59 Å². The van der Waals surface area contributed by atoms with Crippen molar-refractivity contribution in [3.05, 3.63) is 24.0 Å². The molecule has 0 atom stereocenters. The summed E-state index contributed by atoms with van der Waals surface area (Å²) in [4.78, 5) is 22.0. The fourth-order valence-electron chi connectivity index (χ4n) is 1.25. The van der Waals surface area contributed by atoms with Crippen LogP contribution in [0.3, 0.4) is 0 Å². The molecule has 5 nitrogen and oxygen atoms in total. The van der Waals surface area contributed by atoms with Gasteiger partial charge in [0.2, 0.25) is 5.91 Å². The van der Waals surface area contributed by atoms with Crippen molar-refractivity contribution in [2.45, 2.75) is 12.8 Å². The zero-order valence-electron chi connectivity index (χ0n) is 8.69. The first-order valence-corrected chi connectivity index (χ1v) is 4.79. The lowest BCUT2D eigenvalue weighted by molar-refractivity contribution is -0.118. The van der Waals surface area contributed by atoms with Crippen LogP contribution in [0, 0.1) is 0 Å². The largest absolute Gasteiger partial charge is 0.370 e. The number of carbonyl (C=O) groups excluding carboxylic acids is 2. The zero-order valence-corrected chi connectivity index (χ0v) is 8.69. The number of nitrogens with two attached hydrogens (primary N) is 1. The molecule has 0 aliphatic carbocycles. The summed E-state index contributed by atoms with van der Waals surface area (Å²) in [6.07, 6.45) is 2.68. The molecule has 0 saturated carbocycles. The van der Waals surface area contributed by atoms with Crippen molar-refractivity contribution in [3.63, 3.8) is 0 Å². The monoisotopic (exact) mass is 209 g/mol. The van der Waals surface area contributed by atoms with Gasteiger partial charge >= 0.3 is 0 Å². The number of aryl methyl sites for hydroxylation is 1. The molecule has 1 aromatic heterocycles. The Kier molecular flexibility index (Phi) is 3.91. The van der Waals surface area contributed by atoms with Gasteiger partial charge in [0.05, 0.1) is 0 Å². The maximum atomic E-state index is 11.5. The maximum absolute atomic E-state index is 11.5. The van der Waals surface area contributed by atoms with E-state index in [0.29, 0.717) is 25.1 Å². The molecule has 0 fully saturated rings. The van der Waals surface area contributed by atoms with Crippen LogP contribution in [0.5, 0.6) is 0 Å². The van der Waals surface area contributed by atoms with Crippen molar-refractivity contribution in [1.29, 1.82) is 0 Å². The Hall–Kier alpha value is -1.78. The molecule has 82 valence electrons. The van der Waals surface area contributed by atoms with Crippen LogP contribution in [0.1, 0.15) is 23.3 Å². The minimum atomic E-state index is -0.344. The van der Waals surface area contributed by atoms with Gasteiger partial charge in [-0.1, -0.05) is 0 Å². The number of carbonyl (C=O) groups is 2. The number of hydrogen-bond donors (Lipinski definition) is 2. The van der Waals surface area contributed by atoms with Gasteiger partial charge in [0, 0.05) is 26.2 Å². The number of primary amides is 1. The number of nitrogens with one attached hydrogen (secondary N) is 1. The van der Waals surface area contributed by atoms with Gasteiger partial charge in [0.15, 0.2) is 0 Å². The summed E-state index contributed by atoms with van der Waals surface area (Å²) in [7, 11) is 1.80. The highest BCUT2D eigenvalue weighted by Gasteiger charge is 2.07. The van der Waals surface area contributed by atoms with E-state index in [1.54, 1.807) is 29.9 Å². The third-order valence-corrected chi connectivity index (χ3v) is 2.06. The standard InChI is InChI=1S/C10H15N3O2/c1-13-7-3-4-8(13)10(15)12-6-2-5-9(11)14/h3-4,7H,2,5-6H2,1H3,(H2,11,14)(H,12,15). The Morgan fingerprint density at radius 1 is 1.53 bits per heavy atom. The lowest BCUT2D eigenvalue weighted by Crippen LogP contribution is -2.27. The smallest absolute Gasteiger partial charge is 0.267 e. The van der Waals surface area contributed by atoms with E-state index in [4.69, 9.17) is 5.73 Å². The van der Waals surface area contributed by atoms with Crippen LogP contribution in [-0.4, -0.2) is 22.9 Å². The second-order valence-corrected chi connectivity index (χ2v) is 3.33. The topological polar surface area (TPSA) is 77.1 Å². The minimum Gasteiger partial charge on any atom is -0.370 e. The summed E-state index contributed by atoms with van der Waals surface area (Å²) < 4.78 is 1.74. The van der Waals surface area contributed by atoms with E-state index < -0.39 is 0 Å². The first-order valence-electron chi connectivity index (χ1n) is 4.79. The molecular weight excluding hydrogens is 194 g/mol. The minimum absolute atomic E-state index is 0.132. The molecule has 15 heavy (non-hydrogen) atoms. The number of amides is 2. The molecule has 2 amide bonds. The van der Waals surface area contributed by atoms with Crippen molar-refractivity contribution < 1.29 is 9.59 Å². The van der Waals surface area contributed by atoms with E-state index in [1.807, 2.05) is 0 Å². The zero-order chi connectivity index (χ0) is 11.3. The molecule has 0 unspecified atom stereocenters. The molecule has 0 aliphatic rings. The Labute approximate surface area is 88.3 Å². The van der Waals surface area contributed by atoms with Gasteiger partial charge in [0.25, 0.3) is 5.91 Å². The third kappa shape index (κ3) is 3.46. The molecule has 3 N–H and O–H groups in total. The number of aromatic nitrogens is 1. The molecule has 5 heteroatoms. The van der Waals surface area contributed by atoms with Gasteiger partial charge in [-0.2, -0.15) is 0 Å². The van der Waals surface area contributed by atoms with Crippen molar-refractivity contribution in [3.8, 4) is 0 Å². The Balaban J connectivity index is 2.31. The van der Waals surface area contributed by atoms with Gasteiger partial charge < -0.3 is 15.6 Å². The predicted octanol–water partition coefficient (Wildman–Crippen LogP) is 0.0204. The van der Waals surface area contributed by atoms with Crippen LogP contribution in [-0.2, 0) is 11.8 Å². The summed E-state index contributed by atoms with van der Waals surface area (Å²) in [6.45, 7) is 0.465. The molecule has 0 radical (unpaired) electrons. The Morgan fingerprint density at radius 3 is 2.80 bits per heavy atom. The van der Waals surface area contributed by atoms with Gasteiger partial charge in [-0.15, -0.1) is 0 Å². The molecule has 1 heterocycles. The fourth-order valence-corrected chi connectivity index (χ4v) is 1.25. The molecular formula is C10H15N3O2. The summed E-state index contributed by atoms with van der Waals surface area (Å²) in [5.41, 5.74) is 5.58. The summed E-state index contributed by atoms with van der Waals surface area (Å²) >= 11 is 0. The SMILES string of the molecule is Cn1cccc1C(=O)NCCCC(N)=O. The molecule has 0 aliphatic heterocycles. The number of rotatable bonds is 5. The van der Waals surface area contributed by atoms with E-state index in [2.05, 4.69) is 5.32 Å². The first-order chi connectivity index (χ1) is 7.11. The summed E-state index contributed by atoms with van der Waals surface area (Å²) in [5, 5.41) is 2.71. The van der Waals surface area contributed by atoms with Gasteiger partial charge in [-0.05, 0) is 18.6 Å². The van der Waals surface area contributed by atoms with Gasteiger partial charge in [0.1, 0.15) is 5.69 Å². The highest BCUT2D eigenvalue weighted by atomic mass is 16.2. The number of nitrogens with zero attached hydrogens (tertiary/aromatic N) is 1. The van der Waals surface area contributed by atoms with Gasteiger partial charge in [-0.25, -0.2) is 0 Å². The summed E-state index contributed by atoms with van der Waals surface area (Å²) in [6, 6.07) is 3.54. The van der Waals surface area contributed by atoms with Crippen LogP contribution in [0.25, 0.3) is 0 Å². The van der Waals surface area contributed by atoms with E-state index >= 15 is 0 Å². The summed E-state index contributed by atoms with van der Waals surface area (Å²) in [5.74, 6) is -0.477.